The van der Waals surface area contributed by atoms with Crippen LogP contribution in [0.15, 0.2) is 72.8 Å². The van der Waals surface area contributed by atoms with Gasteiger partial charge in [0.1, 0.15) is 5.75 Å². The summed E-state index contributed by atoms with van der Waals surface area (Å²) in [5.74, 6) is -0.0162. The van der Waals surface area contributed by atoms with Gasteiger partial charge in [0.05, 0.1) is 23.8 Å². The summed E-state index contributed by atoms with van der Waals surface area (Å²) in [5.41, 5.74) is 1.43. The van der Waals surface area contributed by atoms with Crippen LogP contribution in [0.1, 0.15) is 53.7 Å². The highest BCUT2D eigenvalue weighted by Gasteiger charge is 2.30. The molecule has 0 radical (unpaired) electrons. The predicted molar refractivity (Wildman–Crippen MR) is 154 cm³/mol. The molecule has 42 heavy (non-hydrogen) atoms. The third-order valence-electron chi connectivity index (χ3n) is 6.93. The fraction of sp³-hybridized carbons (Fsp3) is 0.375. The second kappa shape index (κ2) is 13.8. The Kier molecular flexibility index (Phi) is 10.2. The van der Waals surface area contributed by atoms with E-state index in [1.807, 2.05) is 44.2 Å². The summed E-state index contributed by atoms with van der Waals surface area (Å²) in [7, 11) is 0. The van der Waals surface area contributed by atoms with E-state index in [0.717, 1.165) is 24.1 Å². The number of aliphatic hydroxyl groups excluding tert-OH is 1. The van der Waals surface area contributed by atoms with Crippen molar-refractivity contribution in [1.29, 1.82) is 0 Å². The lowest BCUT2D eigenvalue weighted by atomic mass is 10.00. The number of carbonyl (C=O) groups is 2. The van der Waals surface area contributed by atoms with Crippen LogP contribution in [-0.2, 0) is 23.9 Å². The molecule has 224 valence electrons. The monoisotopic (exact) mass is 583 g/mol. The van der Waals surface area contributed by atoms with E-state index >= 15 is 0 Å². The van der Waals surface area contributed by atoms with Crippen LogP contribution in [0.25, 0.3) is 0 Å². The molecular formula is C32H36F3N3O4. The molecular weight excluding hydrogens is 547 g/mol. The SMILES string of the molecule is CC(C)Oc1cc(C(=O)NC(Cc2ccccc2)C(O)CNCc2cccc(C(F)(F)F)c2)cc(N2CCCC2=O)c1. The van der Waals surface area contributed by atoms with Gasteiger partial charge in [-0.3, -0.25) is 9.59 Å². The molecule has 3 aromatic rings. The lowest BCUT2D eigenvalue weighted by Crippen LogP contribution is -2.48. The molecule has 4 rings (SSSR count). The van der Waals surface area contributed by atoms with E-state index in [1.165, 1.54) is 6.07 Å². The first-order chi connectivity index (χ1) is 20.0. The van der Waals surface area contributed by atoms with Gasteiger partial charge in [0.25, 0.3) is 5.91 Å². The number of anilines is 1. The Labute approximate surface area is 243 Å². The van der Waals surface area contributed by atoms with Crippen LogP contribution in [0, 0.1) is 0 Å². The second-order valence-electron chi connectivity index (χ2n) is 10.7. The molecule has 3 aromatic carbocycles. The summed E-state index contributed by atoms with van der Waals surface area (Å²) in [6.07, 6.45) is -4.17. The topological polar surface area (TPSA) is 90.9 Å². The van der Waals surface area contributed by atoms with Gasteiger partial charge in [0.2, 0.25) is 5.91 Å². The van der Waals surface area contributed by atoms with Crippen molar-refractivity contribution in [1.82, 2.24) is 10.6 Å². The number of aliphatic hydroxyl groups is 1. The molecule has 0 spiro atoms. The summed E-state index contributed by atoms with van der Waals surface area (Å²) < 4.78 is 45.1. The van der Waals surface area contributed by atoms with Gasteiger partial charge < -0.3 is 25.4 Å². The molecule has 3 N–H and O–H groups in total. The highest BCUT2D eigenvalue weighted by atomic mass is 19.4. The molecule has 2 atom stereocenters. The molecule has 10 heteroatoms. The molecule has 0 aromatic heterocycles. The fourth-order valence-corrected chi connectivity index (χ4v) is 4.90. The lowest BCUT2D eigenvalue weighted by Gasteiger charge is -2.26. The van der Waals surface area contributed by atoms with Crippen molar-refractivity contribution in [2.24, 2.45) is 0 Å². The highest BCUT2D eigenvalue weighted by Crippen LogP contribution is 2.30. The van der Waals surface area contributed by atoms with Gasteiger partial charge in [-0.1, -0.05) is 48.5 Å². The molecule has 1 aliphatic heterocycles. The largest absolute Gasteiger partial charge is 0.491 e. The van der Waals surface area contributed by atoms with Gasteiger partial charge in [-0.05, 0) is 56.0 Å². The first-order valence-corrected chi connectivity index (χ1v) is 14.0. The Morgan fingerprint density at radius 1 is 1.02 bits per heavy atom. The standard InChI is InChI=1S/C32H36F3N3O4/c1-21(2)42-27-17-24(16-26(18-27)38-13-7-12-30(38)40)31(41)37-28(15-22-8-4-3-5-9-22)29(39)20-36-19-23-10-6-11-25(14-23)32(33,34)35/h3-6,8-11,14,16-18,21,28-29,36,39H,7,12-13,15,19-20H2,1-2H3,(H,37,41). The van der Waals surface area contributed by atoms with Gasteiger partial charge in [-0.25, -0.2) is 0 Å². The molecule has 1 saturated heterocycles. The van der Waals surface area contributed by atoms with Crippen molar-refractivity contribution >= 4 is 17.5 Å². The average Bonchev–Trinajstić information content (AvgIpc) is 3.38. The number of halogens is 3. The number of nitrogens with one attached hydrogen (secondary N) is 2. The molecule has 7 nitrogen and oxygen atoms in total. The van der Waals surface area contributed by atoms with Crippen molar-refractivity contribution in [3.63, 3.8) is 0 Å². The number of benzene rings is 3. The van der Waals surface area contributed by atoms with E-state index in [9.17, 15) is 27.9 Å². The Morgan fingerprint density at radius 3 is 2.43 bits per heavy atom. The zero-order valence-electron chi connectivity index (χ0n) is 23.7. The molecule has 1 aliphatic rings. The Morgan fingerprint density at radius 2 is 1.76 bits per heavy atom. The molecule has 0 saturated carbocycles. The maximum absolute atomic E-state index is 13.6. The molecule has 2 unspecified atom stereocenters. The first-order valence-electron chi connectivity index (χ1n) is 14.0. The smallest absolute Gasteiger partial charge is 0.416 e. The summed E-state index contributed by atoms with van der Waals surface area (Å²) in [4.78, 5) is 27.6. The van der Waals surface area contributed by atoms with Crippen LogP contribution in [0.5, 0.6) is 5.75 Å². The maximum atomic E-state index is 13.6. The summed E-state index contributed by atoms with van der Waals surface area (Å²) in [6.45, 7) is 4.42. The van der Waals surface area contributed by atoms with E-state index < -0.39 is 29.8 Å². The van der Waals surface area contributed by atoms with Gasteiger partial charge in [0.15, 0.2) is 0 Å². The number of hydrogen-bond acceptors (Lipinski definition) is 5. The lowest BCUT2D eigenvalue weighted by molar-refractivity contribution is -0.137. The van der Waals surface area contributed by atoms with Crippen molar-refractivity contribution in [2.45, 2.75) is 64.1 Å². The van der Waals surface area contributed by atoms with Crippen LogP contribution in [0.4, 0.5) is 18.9 Å². The fourth-order valence-electron chi connectivity index (χ4n) is 4.90. The number of ether oxygens (including phenoxy) is 1. The Balaban J connectivity index is 1.51. The van der Waals surface area contributed by atoms with Crippen LogP contribution in [0.3, 0.4) is 0 Å². The zero-order valence-corrected chi connectivity index (χ0v) is 23.7. The van der Waals surface area contributed by atoms with Crippen molar-refractivity contribution in [2.75, 3.05) is 18.0 Å². The van der Waals surface area contributed by atoms with Gasteiger partial charge in [-0.2, -0.15) is 13.2 Å². The quantitative estimate of drug-likeness (QED) is 0.276. The Hall–Kier alpha value is -3.89. The second-order valence-corrected chi connectivity index (χ2v) is 10.7. The van der Waals surface area contributed by atoms with Crippen LogP contribution in [-0.4, -0.2) is 48.3 Å². The van der Waals surface area contributed by atoms with E-state index in [1.54, 1.807) is 29.2 Å². The minimum Gasteiger partial charge on any atom is -0.491 e. The number of rotatable bonds is 12. The summed E-state index contributed by atoms with van der Waals surface area (Å²) in [5, 5.41) is 17.1. The minimum atomic E-state index is -4.44. The molecule has 2 amide bonds. The summed E-state index contributed by atoms with van der Waals surface area (Å²) >= 11 is 0. The Bertz CT molecular complexity index is 1360. The minimum absolute atomic E-state index is 0.0210. The number of amides is 2. The first kappa shape index (κ1) is 31.1. The maximum Gasteiger partial charge on any atom is 0.416 e. The van der Waals surface area contributed by atoms with Crippen LogP contribution < -0.4 is 20.3 Å². The van der Waals surface area contributed by atoms with Crippen molar-refractivity contribution < 1.29 is 32.6 Å². The molecule has 0 aliphatic carbocycles. The highest BCUT2D eigenvalue weighted by molar-refractivity contribution is 5.99. The third-order valence-corrected chi connectivity index (χ3v) is 6.93. The molecule has 1 heterocycles. The van der Waals surface area contributed by atoms with Gasteiger partial charge in [0, 0.05) is 43.4 Å². The number of carbonyl (C=O) groups excluding carboxylic acids is 2. The zero-order chi connectivity index (χ0) is 30.3. The van der Waals surface area contributed by atoms with Crippen molar-refractivity contribution in [3.05, 3.63) is 95.1 Å². The normalized spacial score (nSPS) is 15.1. The average molecular weight is 584 g/mol. The van der Waals surface area contributed by atoms with Crippen LogP contribution >= 0.6 is 0 Å². The number of hydrogen-bond donors (Lipinski definition) is 3. The number of alkyl halides is 3. The molecule has 0 bridgehead atoms. The van der Waals surface area contributed by atoms with Gasteiger partial charge in [-0.15, -0.1) is 0 Å². The van der Waals surface area contributed by atoms with E-state index in [0.29, 0.717) is 36.4 Å². The predicted octanol–water partition coefficient (Wildman–Crippen LogP) is 5.11. The van der Waals surface area contributed by atoms with Gasteiger partial charge >= 0.3 is 6.18 Å². The van der Waals surface area contributed by atoms with E-state index in [2.05, 4.69) is 10.6 Å². The summed E-state index contributed by atoms with van der Waals surface area (Å²) in [6, 6.07) is 18.6. The molecule has 1 fully saturated rings. The van der Waals surface area contributed by atoms with E-state index in [-0.39, 0.29) is 30.7 Å². The van der Waals surface area contributed by atoms with Crippen molar-refractivity contribution in [3.8, 4) is 5.75 Å². The third kappa shape index (κ3) is 8.56. The van der Waals surface area contributed by atoms with Crippen LogP contribution in [0.2, 0.25) is 0 Å². The van der Waals surface area contributed by atoms with E-state index in [4.69, 9.17) is 4.74 Å². The number of nitrogens with zero attached hydrogens (tertiary/aromatic N) is 1.